The van der Waals surface area contributed by atoms with E-state index in [0.29, 0.717) is 19.3 Å². The molecule has 1 aliphatic heterocycles. The van der Waals surface area contributed by atoms with E-state index in [1.807, 2.05) is 30.3 Å². The summed E-state index contributed by atoms with van der Waals surface area (Å²) in [6.07, 6.45) is 4.54. The minimum atomic E-state index is -0.948. The lowest BCUT2D eigenvalue weighted by Gasteiger charge is -2.31. The summed E-state index contributed by atoms with van der Waals surface area (Å²) in [5.41, 5.74) is 1.10. The molecule has 0 spiro atoms. The van der Waals surface area contributed by atoms with Crippen molar-refractivity contribution in [3.8, 4) is 0 Å². The van der Waals surface area contributed by atoms with Gasteiger partial charge in [0, 0.05) is 12.6 Å². The summed E-state index contributed by atoms with van der Waals surface area (Å²) in [7, 11) is 0. The molecule has 1 aromatic rings. The Bertz CT molecular complexity index is 771. The maximum atomic E-state index is 13.2. The number of carboxylic acids is 1. The molecule has 1 aromatic carbocycles. The molecule has 0 bridgehead atoms. The number of nitrogens with zero attached hydrogens (tertiary/aromatic N) is 1. The van der Waals surface area contributed by atoms with Gasteiger partial charge in [-0.3, -0.25) is 14.9 Å². The molecule has 1 heterocycles. The Labute approximate surface area is 196 Å². The van der Waals surface area contributed by atoms with Gasteiger partial charge in [0.15, 0.2) is 0 Å². The number of aliphatic carboxylic acids is 1. The molecule has 3 rings (SSSR count). The van der Waals surface area contributed by atoms with Crippen LogP contribution in [0.1, 0.15) is 58.4 Å². The van der Waals surface area contributed by atoms with E-state index in [1.54, 1.807) is 25.7 Å². The molecule has 8 nitrogen and oxygen atoms in total. The van der Waals surface area contributed by atoms with Crippen LogP contribution in [0.4, 0.5) is 0 Å². The fraction of sp³-hybridized carbons (Fsp3) is 0.640. The van der Waals surface area contributed by atoms with Gasteiger partial charge in [-0.2, -0.15) is 0 Å². The number of fused-ring (bicyclic) bond motifs is 1. The third-order valence-electron chi connectivity index (χ3n) is 6.33. The summed E-state index contributed by atoms with van der Waals surface area (Å²) >= 11 is 0. The van der Waals surface area contributed by atoms with Gasteiger partial charge in [0.25, 0.3) is 0 Å². The summed E-state index contributed by atoms with van der Waals surface area (Å²) in [4.78, 5) is 39.1. The van der Waals surface area contributed by atoms with Gasteiger partial charge in [-0.05, 0) is 64.4 Å². The van der Waals surface area contributed by atoms with Crippen molar-refractivity contribution in [2.45, 2.75) is 83.5 Å². The molecule has 3 N–H and O–H groups in total. The Kier molecular flexibility index (Phi) is 10.8. The predicted octanol–water partition coefficient (Wildman–Crippen LogP) is 2.38. The van der Waals surface area contributed by atoms with Crippen molar-refractivity contribution in [2.24, 2.45) is 5.92 Å². The number of carbonyl (C=O) groups is 3. The molecule has 0 aromatic heterocycles. The lowest BCUT2D eigenvalue weighted by molar-refractivity contribution is -0.151. The van der Waals surface area contributed by atoms with E-state index in [1.165, 1.54) is 0 Å². The van der Waals surface area contributed by atoms with Gasteiger partial charge in [-0.15, -0.1) is 0 Å². The van der Waals surface area contributed by atoms with Gasteiger partial charge in [0.1, 0.15) is 12.1 Å². The quantitative estimate of drug-likeness (QED) is 0.483. The Balaban J connectivity index is 0.00000122. The summed E-state index contributed by atoms with van der Waals surface area (Å²) < 4.78 is 5.21. The molecular formula is C25H38N2O6. The minimum absolute atomic E-state index is 0.00629. The van der Waals surface area contributed by atoms with Crippen LogP contribution in [0.15, 0.2) is 30.3 Å². The van der Waals surface area contributed by atoms with Crippen LogP contribution in [0.3, 0.4) is 0 Å². The molecule has 1 saturated carbocycles. The first-order chi connectivity index (χ1) is 15.8. The monoisotopic (exact) mass is 462 g/mol. The van der Waals surface area contributed by atoms with Crippen LogP contribution in [-0.4, -0.2) is 70.3 Å². The highest BCUT2D eigenvalue weighted by atomic mass is 16.5. The molecule has 0 radical (unpaired) electrons. The van der Waals surface area contributed by atoms with E-state index < -0.39 is 24.1 Å². The van der Waals surface area contributed by atoms with Gasteiger partial charge >= 0.3 is 11.9 Å². The Hall–Kier alpha value is -2.45. The summed E-state index contributed by atoms with van der Waals surface area (Å²) in [5, 5.41) is 20.3. The van der Waals surface area contributed by atoms with E-state index in [2.05, 4.69) is 5.32 Å². The summed E-state index contributed by atoms with van der Waals surface area (Å²) in [6.45, 7) is 5.66. The fourth-order valence-corrected chi connectivity index (χ4v) is 4.89. The second kappa shape index (κ2) is 13.3. The first kappa shape index (κ1) is 26.8. The van der Waals surface area contributed by atoms with E-state index >= 15 is 0 Å². The number of hydrogen-bond donors (Lipinski definition) is 3. The van der Waals surface area contributed by atoms with Gasteiger partial charge in [0.2, 0.25) is 5.91 Å². The topological polar surface area (TPSA) is 116 Å². The first-order valence-electron chi connectivity index (χ1n) is 12.0. The number of benzene rings is 1. The average Bonchev–Trinajstić information content (AvgIpc) is 3.39. The molecule has 1 saturated heterocycles. The Morgan fingerprint density at radius 1 is 1.18 bits per heavy atom. The molecule has 184 valence electrons. The fourth-order valence-electron chi connectivity index (χ4n) is 4.89. The van der Waals surface area contributed by atoms with Crippen molar-refractivity contribution in [3.05, 3.63) is 35.9 Å². The molecule has 2 fully saturated rings. The number of aliphatic hydroxyl groups excluding tert-OH is 1. The maximum absolute atomic E-state index is 13.2. The third kappa shape index (κ3) is 7.27. The second-order valence-electron chi connectivity index (χ2n) is 8.63. The lowest BCUT2D eigenvalue weighted by atomic mass is 10.0. The van der Waals surface area contributed by atoms with Crippen molar-refractivity contribution in [1.29, 1.82) is 0 Å². The second-order valence-corrected chi connectivity index (χ2v) is 8.63. The van der Waals surface area contributed by atoms with Gasteiger partial charge in [-0.25, -0.2) is 4.79 Å². The number of hydrogen-bond acceptors (Lipinski definition) is 6. The standard InChI is InChI=1S/C23H32N2O5.C2H6O/c1-3-30-23(29)18(13-12-16-8-5-4-6-9-16)24-15(2)21(26)25-19-11-7-10-17(19)14-20(25)22(27)28;1-2-3/h4-6,8-9,15,17-20,24H,3,7,10-14H2,1-2H3,(H,27,28);3H,2H2,1H3/t15-,17-,18-,19-,20-;/m0./s1. The van der Waals surface area contributed by atoms with Crippen LogP contribution in [0.25, 0.3) is 0 Å². The SMILES string of the molecule is CCO.CCOC(=O)[C@H](CCc1ccccc1)N[C@@H](C)C(=O)N1[C@H](C(=O)O)C[C@@H]2CCC[C@@H]21. The van der Waals surface area contributed by atoms with Crippen LogP contribution in [0, 0.1) is 5.92 Å². The van der Waals surface area contributed by atoms with E-state index in [-0.39, 0.29) is 37.0 Å². The number of aryl methyl sites for hydroxylation is 1. The number of nitrogens with one attached hydrogen (secondary N) is 1. The zero-order valence-electron chi connectivity index (χ0n) is 19.9. The normalized spacial score (nSPS) is 23.2. The molecule has 0 unspecified atom stereocenters. The number of ether oxygens (including phenoxy) is 1. The number of likely N-dealkylation sites (tertiary alicyclic amines) is 1. The lowest BCUT2D eigenvalue weighted by Crippen LogP contribution is -2.55. The Morgan fingerprint density at radius 2 is 1.85 bits per heavy atom. The third-order valence-corrected chi connectivity index (χ3v) is 6.33. The number of rotatable bonds is 9. The van der Waals surface area contributed by atoms with E-state index in [4.69, 9.17) is 9.84 Å². The van der Waals surface area contributed by atoms with Crippen molar-refractivity contribution in [3.63, 3.8) is 0 Å². The first-order valence-corrected chi connectivity index (χ1v) is 12.0. The molecule has 5 atom stereocenters. The molecular weight excluding hydrogens is 424 g/mol. The highest BCUT2D eigenvalue weighted by Crippen LogP contribution is 2.41. The van der Waals surface area contributed by atoms with Gasteiger partial charge < -0.3 is 19.8 Å². The molecule has 33 heavy (non-hydrogen) atoms. The largest absolute Gasteiger partial charge is 0.480 e. The van der Waals surface area contributed by atoms with Crippen LogP contribution in [0.2, 0.25) is 0 Å². The zero-order valence-corrected chi connectivity index (χ0v) is 19.9. The molecule has 2 aliphatic rings. The number of amides is 1. The van der Waals surface area contributed by atoms with Crippen LogP contribution in [-0.2, 0) is 25.5 Å². The van der Waals surface area contributed by atoms with Crippen LogP contribution < -0.4 is 5.32 Å². The van der Waals surface area contributed by atoms with E-state index in [9.17, 15) is 19.5 Å². The van der Waals surface area contributed by atoms with Gasteiger partial charge in [-0.1, -0.05) is 36.8 Å². The minimum Gasteiger partial charge on any atom is -0.480 e. The predicted molar refractivity (Wildman–Crippen MR) is 125 cm³/mol. The number of carboxylic acid groups (broad SMARTS) is 1. The molecule has 1 amide bonds. The van der Waals surface area contributed by atoms with Crippen LogP contribution in [0.5, 0.6) is 0 Å². The summed E-state index contributed by atoms with van der Waals surface area (Å²) in [5.74, 6) is -1.31. The van der Waals surface area contributed by atoms with Crippen molar-refractivity contribution in [2.75, 3.05) is 13.2 Å². The van der Waals surface area contributed by atoms with E-state index in [0.717, 1.165) is 24.8 Å². The number of aliphatic hydroxyl groups is 1. The Morgan fingerprint density at radius 3 is 2.45 bits per heavy atom. The average molecular weight is 463 g/mol. The highest BCUT2D eigenvalue weighted by molar-refractivity contribution is 5.88. The van der Waals surface area contributed by atoms with Gasteiger partial charge in [0.05, 0.1) is 12.6 Å². The molecule has 8 heteroatoms. The highest BCUT2D eigenvalue weighted by Gasteiger charge is 2.49. The van der Waals surface area contributed by atoms with Crippen molar-refractivity contribution < 1.29 is 29.3 Å². The smallest absolute Gasteiger partial charge is 0.326 e. The zero-order chi connectivity index (χ0) is 24.4. The van der Waals surface area contributed by atoms with Crippen molar-refractivity contribution in [1.82, 2.24) is 10.2 Å². The maximum Gasteiger partial charge on any atom is 0.326 e. The van der Waals surface area contributed by atoms with Crippen LogP contribution >= 0.6 is 0 Å². The number of esters is 1. The summed E-state index contributed by atoms with van der Waals surface area (Å²) in [6, 6.07) is 7.76. The number of carbonyl (C=O) groups excluding carboxylic acids is 2. The molecule has 1 aliphatic carbocycles. The van der Waals surface area contributed by atoms with Crippen molar-refractivity contribution >= 4 is 17.8 Å².